The van der Waals surface area contributed by atoms with Gasteiger partial charge in [0.1, 0.15) is 10.8 Å². The van der Waals surface area contributed by atoms with E-state index in [-0.39, 0.29) is 24.7 Å². The molecule has 1 heterocycles. The van der Waals surface area contributed by atoms with Crippen molar-refractivity contribution < 1.29 is 44.2 Å². The van der Waals surface area contributed by atoms with Gasteiger partial charge in [0.2, 0.25) is 0 Å². The molecule has 6 nitrogen and oxygen atoms in total. The minimum absolute atomic E-state index is 0.131. The highest BCUT2D eigenvalue weighted by Crippen LogP contribution is 2.29. The molecule has 3 aromatic rings. The number of sulfonamides is 1. The van der Waals surface area contributed by atoms with Crippen LogP contribution in [0.25, 0.3) is 10.6 Å². The second-order valence-corrected chi connectivity index (χ2v) is 9.30. The van der Waals surface area contributed by atoms with Crippen LogP contribution < -0.4 is 9.46 Å². The van der Waals surface area contributed by atoms with Crippen molar-refractivity contribution in [2.45, 2.75) is 24.9 Å². The Morgan fingerprint density at radius 2 is 1.71 bits per heavy atom. The van der Waals surface area contributed by atoms with E-state index in [1.807, 2.05) is 0 Å². The topological polar surface area (TPSA) is 77.5 Å². The molecule has 0 aliphatic heterocycles. The number of alkyl halides is 6. The summed E-state index contributed by atoms with van der Waals surface area (Å²) in [7, 11) is -5.51. The predicted molar refractivity (Wildman–Crippen MR) is 113 cm³/mol. The summed E-state index contributed by atoms with van der Waals surface area (Å²) >= 11 is 1.27. The van der Waals surface area contributed by atoms with Crippen LogP contribution in [0.5, 0.6) is 5.75 Å². The van der Waals surface area contributed by atoms with Gasteiger partial charge in [0.15, 0.2) is 0 Å². The highest BCUT2D eigenvalue weighted by Gasteiger charge is 2.46. The van der Waals surface area contributed by atoms with Crippen LogP contribution in [0.4, 0.5) is 32.0 Å². The third kappa shape index (κ3) is 7.33. The van der Waals surface area contributed by atoms with E-state index in [1.165, 1.54) is 58.5 Å². The van der Waals surface area contributed by atoms with Gasteiger partial charge in [-0.25, -0.2) is 4.98 Å². The Balaban J connectivity index is 1.50. The molecule has 0 amide bonds. The SMILES string of the molecule is O=S(=O)(Nc1cccc(CCOCc2csc(-c3ccc(OC(F)(F)F)cc3)n2)c1)C(F)(F)F. The fourth-order valence-electron chi connectivity index (χ4n) is 2.68. The van der Waals surface area contributed by atoms with Crippen LogP contribution in [0.3, 0.4) is 0 Å². The molecule has 0 atom stereocenters. The van der Waals surface area contributed by atoms with Crippen LogP contribution >= 0.6 is 11.3 Å². The largest absolute Gasteiger partial charge is 0.573 e. The molecule has 34 heavy (non-hydrogen) atoms. The van der Waals surface area contributed by atoms with Crippen molar-refractivity contribution in [3.63, 3.8) is 0 Å². The monoisotopic (exact) mass is 526 g/mol. The highest BCUT2D eigenvalue weighted by molar-refractivity contribution is 7.93. The third-order valence-corrected chi connectivity index (χ3v) is 6.21. The zero-order chi connectivity index (χ0) is 25.0. The van der Waals surface area contributed by atoms with Gasteiger partial charge in [-0.2, -0.15) is 21.6 Å². The van der Waals surface area contributed by atoms with Crippen molar-refractivity contribution in [1.29, 1.82) is 0 Å². The first-order valence-electron chi connectivity index (χ1n) is 9.39. The highest BCUT2D eigenvalue weighted by atomic mass is 32.2. The Hall–Kier alpha value is -2.84. The number of benzene rings is 2. The van der Waals surface area contributed by atoms with Gasteiger partial charge >= 0.3 is 21.9 Å². The number of halogens is 6. The molecule has 0 saturated carbocycles. The number of nitrogens with one attached hydrogen (secondary N) is 1. The maximum atomic E-state index is 12.5. The molecule has 0 radical (unpaired) electrons. The number of ether oxygens (including phenoxy) is 2. The summed E-state index contributed by atoms with van der Waals surface area (Å²) in [5.74, 6) is -0.341. The smallest absolute Gasteiger partial charge is 0.406 e. The molecule has 14 heteroatoms. The van der Waals surface area contributed by atoms with Crippen molar-refractivity contribution in [3.8, 4) is 16.3 Å². The van der Waals surface area contributed by atoms with Crippen molar-refractivity contribution in [1.82, 2.24) is 4.98 Å². The molecule has 184 valence electrons. The lowest BCUT2D eigenvalue weighted by Gasteiger charge is -2.11. The molecular weight excluding hydrogens is 510 g/mol. The molecule has 1 N–H and O–H groups in total. The van der Waals surface area contributed by atoms with Gasteiger partial charge in [0, 0.05) is 16.6 Å². The number of rotatable bonds is 9. The average molecular weight is 526 g/mol. The van der Waals surface area contributed by atoms with Crippen molar-refractivity contribution in [2.24, 2.45) is 0 Å². The summed E-state index contributed by atoms with van der Waals surface area (Å²) in [6.07, 6.45) is -4.47. The number of aromatic nitrogens is 1. The summed E-state index contributed by atoms with van der Waals surface area (Å²) in [4.78, 5) is 4.35. The molecule has 0 bridgehead atoms. The number of hydrogen-bond acceptors (Lipinski definition) is 6. The summed E-state index contributed by atoms with van der Waals surface area (Å²) in [5.41, 5.74) is -3.89. The fourth-order valence-corrected chi connectivity index (χ4v) is 4.04. The maximum Gasteiger partial charge on any atom is 0.573 e. The molecule has 0 spiro atoms. The van der Waals surface area contributed by atoms with E-state index in [2.05, 4.69) is 9.72 Å². The standard InChI is InChI=1S/C20H16F6N2O4S2/c21-19(22,23)32-17-6-4-14(5-7-17)18-27-16(12-33-18)11-31-9-8-13-2-1-3-15(10-13)28-34(29,30)20(24,25)26/h1-7,10,12,28H,8-9,11H2. The zero-order valence-corrected chi connectivity index (χ0v) is 18.6. The van der Waals surface area contributed by atoms with Gasteiger partial charge in [-0.15, -0.1) is 24.5 Å². The minimum atomic E-state index is -5.51. The zero-order valence-electron chi connectivity index (χ0n) is 17.0. The average Bonchev–Trinajstić information content (AvgIpc) is 3.19. The summed E-state index contributed by atoms with van der Waals surface area (Å²) in [6.45, 7) is 0.317. The van der Waals surface area contributed by atoms with E-state index < -0.39 is 21.9 Å². The first-order chi connectivity index (χ1) is 15.8. The van der Waals surface area contributed by atoms with Gasteiger partial charge in [0.05, 0.1) is 18.9 Å². The van der Waals surface area contributed by atoms with Crippen LogP contribution in [0, 0.1) is 0 Å². The minimum Gasteiger partial charge on any atom is -0.406 e. The Morgan fingerprint density at radius 3 is 2.35 bits per heavy atom. The maximum absolute atomic E-state index is 12.5. The Labute approximate surface area is 194 Å². The number of nitrogens with zero attached hydrogens (tertiary/aromatic N) is 1. The fraction of sp³-hybridized carbons (Fsp3) is 0.250. The van der Waals surface area contributed by atoms with E-state index in [0.29, 0.717) is 28.2 Å². The lowest BCUT2D eigenvalue weighted by molar-refractivity contribution is -0.274. The van der Waals surface area contributed by atoms with Gasteiger partial charge in [0.25, 0.3) is 0 Å². The van der Waals surface area contributed by atoms with Crippen molar-refractivity contribution in [2.75, 3.05) is 11.3 Å². The van der Waals surface area contributed by atoms with Crippen LogP contribution in [0.2, 0.25) is 0 Å². The van der Waals surface area contributed by atoms with Crippen LogP contribution in [-0.2, 0) is 27.8 Å². The first kappa shape index (κ1) is 25.8. The van der Waals surface area contributed by atoms with E-state index >= 15 is 0 Å². The summed E-state index contributed by atoms with van der Waals surface area (Å²) < 4.78 is 107. The van der Waals surface area contributed by atoms with Crippen LogP contribution in [0.1, 0.15) is 11.3 Å². The normalized spacial score (nSPS) is 12.5. The van der Waals surface area contributed by atoms with Gasteiger partial charge < -0.3 is 9.47 Å². The van der Waals surface area contributed by atoms with Crippen LogP contribution in [0.15, 0.2) is 53.9 Å². The van der Waals surface area contributed by atoms with Gasteiger partial charge in [-0.1, -0.05) is 12.1 Å². The molecule has 0 aliphatic rings. The Bertz CT molecular complexity index is 1210. The van der Waals surface area contributed by atoms with E-state index in [0.717, 1.165) is 0 Å². The lowest BCUT2D eigenvalue weighted by atomic mass is 10.1. The second-order valence-electron chi connectivity index (χ2n) is 6.77. The molecular formula is C20H16F6N2O4S2. The van der Waals surface area contributed by atoms with Gasteiger partial charge in [-0.3, -0.25) is 4.72 Å². The molecule has 0 saturated heterocycles. The quantitative estimate of drug-likeness (QED) is 0.285. The number of anilines is 1. The van der Waals surface area contributed by atoms with E-state index in [9.17, 15) is 34.8 Å². The molecule has 1 aromatic heterocycles. The molecule has 0 unspecified atom stereocenters. The van der Waals surface area contributed by atoms with Crippen LogP contribution in [-0.4, -0.2) is 31.9 Å². The molecule has 0 aliphatic carbocycles. The number of hydrogen-bond donors (Lipinski definition) is 1. The summed E-state index contributed by atoms with van der Waals surface area (Å²) in [6, 6.07) is 10.8. The third-order valence-electron chi connectivity index (χ3n) is 4.16. The predicted octanol–water partition coefficient (Wildman–Crippen LogP) is 5.73. The Morgan fingerprint density at radius 1 is 1.00 bits per heavy atom. The molecule has 3 rings (SSSR count). The van der Waals surface area contributed by atoms with E-state index in [4.69, 9.17) is 4.74 Å². The van der Waals surface area contributed by atoms with E-state index in [1.54, 1.807) is 11.4 Å². The van der Waals surface area contributed by atoms with Gasteiger partial charge in [-0.05, 0) is 48.4 Å². The van der Waals surface area contributed by atoms with Crippen molar-refractivity contribution >= 4 is 27.0 Å². The second kappa shape index (κ2) is 10.2. The molecule has 2 aromatic carbocycles. The Kier molecular flexibility index (Phi) is 7.73. The molecule has 0 fully saturated rings. The van der Waals surface area contributed by atoms with Crippen molar-refractivity contribution in [3.05, 3.63) is 65.2 Å². The number of thiazole rings is 1. The lowest BCUT2D eigenvalue weighted by Crippen LogP contribution is -2.29. The first-order valence-corrected chi connectivity index (χ1v) is 11.7. The summed E-state index contributed by atoms with van der Waals surface area (Å²) in [5, 5.41) is 2.30.